The van der Waals surface area contributed by atoms with E-state index in [-0.39, 0.29) is 24.0 Å². The minimum atomic E-state index is -3.38. The fraction of sp³-hybridized carbons (Fsp3) is 0.667. The van der Waals surface area contributed by atoms with Gasteiger partial charge in [0.05, 0.1) is 4.90 Å². The second-order valence-corrected chi connectivity index (χ2v) is 9.15. The summed E-state index contributed by atoms with van der Waals surface area (Å²) in [7, 11) is -3.38. The van der Waals surface area contributed by atoms with Gasteiger partial charge in [-0.2, -0.15) is 4.31 Å². The zero-order chi connectivity index (χ0) is 21.0. The van der Waals surface area contributed by atoms with Crippen molar-refractivity contribution in [2.45, 2.75) is 44.4 Å². The summed E-state index contributed by atoms with van der Waals surface area (Å²) in [6.45, 7) is 9.14. The van der Waals surface area contributed by atoms with E-state index in [1.165, 1.54) is 0 Å². The van der Waals surface area contributed by atoms with Gasteiger partial charge in [-0.3, -0.25) is 4.99 Å². The van der Waals surface area contributed by atoms with Gasteiger partial charge in [0.25, 0.3) is 0 Å². The number of hydrogen-bond donors (Lipinski definition) is 2. The number of nitrogens with one attached hydrogen (secondary N) is 2. The maximum absolute atomic E-state index is 12.7. The Morgan fingerprint density at radius 3 is 2.47 bits per heavy atom. The van der Waals surface area contributed by atoms with Crippen LogP contribution in [0.1, 0.15) is 39.5 Å². The Hall–Kier alpha value is -0.910. The monoisotopic (exact) mass is 552 g/mol. The normalized spacial score (nSPS) is 16.1. The summed E-state index contributed by atoms with van der Waals surface area (Å²) in [4.78, 5) is 5.09. The summed E-state index contributed by atoms with van der Waals surface area (Å²) >= 11 is 0. The molecule has 1 saturated heterocycles. The fourth-order valence-corrected chi connectivity index (χ4v) is 4.81. The van der Waals surface area contributed by atoms with Crippen LogP contribution in [0.3, 0.4) is 0 Å². The fourth-order valence-electron chi connectivity index (χ4n) is 3.32. The quantitative estimate of drug-likeness (QED) is 0.191. The highest BCUT2D eigenvalue weighted by Crippen LogP contribution is 2.23. The van der Waals surface area contributed by atoms with E-state index < -0.39 is 10.0 Å². The highest BCUT2D eigenvalue weighted by atomic mass is 127. The number of hydrogen-bond acceptors (Lipinski definition) is 4. The first-order valence-corrected chi connectivity index (χ1v) is 12.2. The average Bonchev–Trinajstić information content (AvgIpc) is 2.75. The highest BCUT2D eigenvalue weighted by molar-refractivity contribution is 14.0. The molecule has 0 radical (unpaired) electrons. The van der Waals surface area contributed by atoms with Gasteiger partial charge in [0.2, 0.25) is 10.0 Å². The number of piperidine rings is 1. The van der Waals surface area contributed by atoms with Crippen molar-refractivity contribution in [2.24, 2.45) is 10.9 Å². The molecule has 7 nitrogen and oxygen atoms in total. The molecule has 0 saturated carbocycles. The van der Waals surface area contributed by atoms with E-state index in [1.54, 1.807) is 28.6 Å². The van der Waals surface area contributed by atoms with Crippen molar-refractivity contribution in [1.82, 2.24) is 14.9 Å². The number of guanidine groups is 1. The van der Waals surface area contributed by atoms with Gasteiger partial charge >= 0.3 is 0 Å². The number of unbranched alkanes of at least 4 members (excludes halogenated alkanes) is 1. The van der Waals surface area contributed by atoms with Crippen LogP contribution in [0.25, 0.3) is 0 Å². The number of sulfonamides is 1. The van der Waals surface area contributed by atoms with Crippen LogP contribution in [-0.4, -0.2) is 64.6 Å². The molecule has 30 heavy (non-hydrogen) atoms. The molecule has 1 fully saturated rings. The second-order valence-electron chi connectivity index (χ2n) is 7.21. The molecule has 1 aliphatic heterocycles. The molecule has 1 heterocycles. The Balaban J connectivity index is 0.00000450. The molecular formula is C21H37IN4O3S. The predicted octanol–water partition coefficient (Wildman–Crippen LogP) is 3.08. The van der Waals surface area contributed by atoms with E-state index in [0.29, 0.717) is 30.4 Å². The molecule has 0 bridgehead atoms. The van der Waals surface area contributed by atoms with Gasteiger partial charge in [-0.05, 0) is 57.6 Å². The number of benzene rings is 1. The van der Waals surface area contributed by atoms with Crippen LogP contribution < -0.4 is 10.6 Å². The van der Waals surface area contributed by atoms with Crippen LogP contribution in [0.2, 0.25) is 0 Å². The molecule has 9 heteroatoms. The Kier molecular flexibility index (Phi) is 13.5. The summed E-state index contributed by atoms with van der Waals surface area (Å²) < 4.78 is 32.4. The van der Waals surface area contributed by atoms with Crippen molar-refractivity contribution in [3.8, 4) is 0 Å². The van der Waals surface area contributed by atoms with Crippen molar-refractivity contribution in [3.05, 3.63) is 30.3 Å². The van der Waals surface area contributed by atoms with E-state index in [4.69, 9.17) is 9.73 Å². The van der Waals surface area contributed by atoms with Gasteiger partial charge in [0.1, 0.15) is 0 Å². The molecule has 0 unspecified atom stereocenters. The molecule has 0 spiro atoms. The summed E-state index contributed by atoms with van der Waals surface area (Å²) in [5.74, 6) is 1.24. The van der Waals surface area contributed by atoms with Gasteiger partial charge in [0.15, 0.2) is 5.96 Å². The van der Waals surface area contributed by atoms with Gasteiger partial charge in [-0.25, -0.2) is 8.42 Å². The van der Waals surface area contributed by atoms with E-state index in [0.717, 1.165) is 57.9 Å². The van der Waals surface area contributed by atoms with Gasteiger partial charge < -0.3 is 15.4 Å². The van der Waals surface area contributed by atoms with Gasteiger partial charge in [0, 0.05) is 45.9 Å². The smallest absolute Gasteiger partial charge is 0.243 e. The first-order chi connectivity index (χ1) is 14.1. The first-order valence-electron chi connectivity index (χ1n) is 10.7. The number of ether oxygens (including phenoxy) is 1. The largest absolute Gasteiger partial charge is 0.382 e. The highest BCUT2D eigenvalue weighted by Gasteiger charge is 2.29. The molecule has 172 valence electrons. The third kappa shape index (κ3) is 9.07. The van der Waals surface area contributed by atoms with Crippen LogP contribution in [0.4, 0.5) is 0 Å². The zero-order valence-electron chi connectivity index (χ0n) is 18.2. The number of rotatable bonds is 11. The zero-order valence-corrected chi connectivity index (χ0v) is 21.3. The minimum Gasteiger partial charge on any atom is -0.382 e. The number of aliphatic imine (C=N–C) groups is 1. The molecular weight excluding hydrogens is 515 g/mol. The Bertz CT molecular complexity index is 708. The van der Waals surface area contributed by atoms with E-state index in [9.17, 15) is 8.42 Å². The molecule has 0 atom stereocenters. The third-order valence-electron chi connectivity index (χ3n) is 5.02. The molecule has 0 aromatic heterocycles. The number of halogens is 1. The SMILES string of the molecule is CCNC(=NCC1CCN(S(=O)(=O)c2ccccc2)CC1)NCCCCOCC.I. The molecule has 0 amide bonds. The standard InChI is InChI=1S/C21H36N4O3S.HI/c1-3-22-21(23-14-8-9-17-28-4-2)24-18-19-12-15-25(16-13-19)29(26,27)20-10-6-5-7-11-20;/h5-7,10-11,19H,3-4,8-9,12-18H2,1-2H3,(H2,22,23,24);1H. The summed E-state index contributed by atoms with van der Waals surface area (Å²) in [6, 6.07) is 8.68. The summed E-state index contributed by atoms with van der Waals surface area (Å²) in [5, 5.41) is 6.65. The van der Waals surface area contributed by atoms with Crippen molar-refractivity contribution in [3.63, 3.8) is 0 Å². The maximum Gasteiger partial charge on any atom is 0.243 e. The second kappa shape index (κ2) is 15.0. The summed E-state index contributed by atoms with van der Waals surface area (Å²) in [6.07, 6.45) is 3.75. The first kappa shape index (κ1) is 27.1. The summed E-state index contributed by atoms with van der Waals surface area (Å²) in [5.41, 5.74) is 0. The van der Waals surface area contributed by atoms with Crippen LogP contribution in [0.5, 0.6) is 0 Å². The van der Waals surface area contributed by atoms with Crippen molar-refractivity contribution in [1.29, 1.82) is 0 Å². The Morgan fingerprint density at radius 2 is 1.83 bits per heavy atom. The average molecular weight is 553 g/mol. The lowest BCUT2D eigenvalue weighted by Crippen LogP contribution is -2.40. The van der Waals surface area contributed by atoms with Crippen LogP contribution in [0.15, 0.2) is 40.2 Å². The van der Waals surface area contributed by atoms with E-state index in [2.05, 4.69) is 17.6 Å². The molecule has 2 N–H and O–H groups in total. The minimum absolute atomic E-state index is 0. The Labute approximate surface area is 199 Å². The van der Waals surface area contributed by atoms with E-state index >= 15 is 0 Å². The van der Waals surface area contributed by atoms with Crippen LogP contribution in [0, 0.1) is 5.92 Å². The van der Waals surface area contributed by atoms with Gasteiger partial charge in [-0.1, -0.05) is 18.2 Å². The van der Waals surface area contributed by atoms with Gasteiger partial charge in [-0.15, -0.1) is 24.0 Å². The predicted molar refractivity (Wildman–Crippen MR) is 133 cm³/mol. The Morgan fingerprint density at radius 1 is 1.13 bits per heavy atom. The van der Waals surface area contributed by atoms with Crippen molar-refractivity contribution < 1.29 is 13.2 Å². The van der Waals surface area contributed by atoms with Crippen LogP contribution >= 0.6 is 24.0 Å². The topological polar surface area (TPSA) is 83.0 Å². The molecule has 0 aliphatic carbocycles. The van der Waals surface area contributed by atoms with Crippen LogP contribution in [-0.2, 0) is 14.8 Å². The lowest BCUT2D eigenvalue weighted by atomic mass is 9.98. The van der Waals surface area contributed by atoms with E-state index in [1.807, 2.05) is 13.0 Å². The van der Waals surface area contributed by atoms with Crippen molar-refractivity contribution >= 4 is 40.0 Å². The molecule has 2 rings (SSSR count). The molecule has 1 aromatic carbocycles. The lowest BCUT2D eigenvalue weighted by molar-refractivity contribution is 0.143. The molecule has 1 aromatic rings. The maximum atomic E-state index is 12.7. The lowest BCUT2D eigenvalue weighted by Gasteiger charge is -2.30. The number of nitrogens with zero attached hydrogens (tertiary/aromatic N) is 2. The molecule has 1 aliphatic rings. The third-order valence-corrected chi connectivity index (χ3v) is 6.93. The van der Waals surface area contributed by atoms with Crippen molar-refractivity contribution in [2.75, 3.05) is 45.9 Å².